The summed E-state index contributed by atoms with van der Waals surface area (Å²) in [4.78, 5) is 33.0. The molecule has 1 saturated heterocycles. The number of nitrogens with one attached hydrogen (secondary N) is 1. The Labute approximate surface area is 243 Å². The van der Waals surface area contributed by atoms with Gasteiger partial charge in [0, 0.05) is 49.1 Å². The molecule has 15 heteroatoms. The Morgan fingerprint density at radius 3 is 2.30 bits per heavy atom. The van der Waals surface area contributed by atoms with Gasteiger partial charge in [-0.2, -0.15) is 5.26 Å². The van der Waals surface area contributed by atoms with Gasteiger partial charge in [-0.3, -0.25) is 24.4 Å². The minimum atomic E-state index is -10.1. The van der Waals surface area contributed by atoms with Crippen LogP contribution >= 0.6 is 10.2 Å². The van der Waals surface area contributed by atoms with Crippen molar-refractivity contribution in [2.24, 2.45) is 0 Å². The number of alkyl halides is 2. The average molecular weight is 634 g/mol. The number of nitrogens with zero attached hydrogens (tertiary/aromatic N) is 4. The van der Waals surface area contributed by atoms with Crippen LogP contribution < -0.4 is 10.2 Å². The predicted octanol–water partition coefficient (Wildman–Crippen LogP) is 6.94. The Morgan fingerprint density at radius 2 is 1.67 bits per heavy atom. The Hall–Kier alpha value is -3.54. The summed E-state index contributed by atoms with van der Waals surface area (Å²) in [5.74, 6) is -4.40. The molecule has 0 bridgehead atoms. The number of hydrogen-bond donors (Lipinski definition) is 1. The van der Waals surface area contributed by atoms with Crippen LogP contribution in [0.3, 0.4) is 0 Å². The maximum Gasteiger partial charge on any atom is 0.310 e. The quantitative estimate of drug-likeness (QED) is 0.275. The van der Waals surface area contributed by atoms with Crippen molar-refractivity contribution >= 4 is 27.7 Å². The van der Waals surface area contributed by atoms with Gasteiger partial charge in [0.1, 0.15) is 10.9 Å². The van der Waals surface area contributed by atoms with E-state index in [4.69, 9.17) is 0 Å². The molecule has 7 nitrogen and oxygen atoms in total. The summed E-state index contributed by atoms with van der Waals surface area (Å²) in [5, 5.41) is 12.5. The zero-order valence-electron chi connectivity index (χ0n) is 22.9. The van der Waals surface area contributed by atoms with Crippen LogP contribution in [0.4, 0.5) is 33.9 Å². The smallest absolute Gasteiger partial charge is 0.310 e. The van der Waals surface area contributed by atoms with Gasteiger partial charge in [0.2, 0.25) is 5.92 Å². The number of nitriles is 1. The number of halogens is 7. The number of amides is 2. The van der Waals surface area contributed by atoms with E-state index >= 15 is 0 Å². The highest BCUT2D eigenvalue weighted by Gasteiger charge is 2.65. The molecule has 1 aliphatic heterocycles. The topological polar surface area (TPSA) is 89.3 Å². The summed E-state index contributed by atoms with van der Waals surface area (Å²) in [6.07, 6.45) is 5.30. The first-order chi connectivity index (χ1) is 19.9. The zero-order valence-corrected chi connectivity index (χ0v) is 23.7. The maximum atomic E-state index is 14.4. The second-order valence-electron chi connectivity index (χ2n) is 11.4. The number of aromatic nitrogens is 1. The lowest BCUT2D eigenvalue weighted by Gasteiger charge is -2.48. The highest BCUT2D eigenvalue weighted by atomic mass is 32.5. The van der Waals surface area contributed by atoms with Crippen LogP contribution in [-0.4, -0.2) is 46.2 Å². The van der Waals surface area contributed by atoms with E-state index in [1.165, 1.54) is 17.3 Å². The predicted molar refractivity (Wildman–Crippen MR) is 145 cm³/mol. The molecule has 5 rings (SSSR count). The Kier molecular flexibility index (Phi) is 7.19. The molecule has 3 aliphatic rings. The molecule has 2 fully saturated rings. The minimum Gasteiger partial charge on any atom is -0.351 e. The fraction of sp³-hybridized carbons (Fsp3) is 0.500. The number of anilines is 1. The number of benzene rings is 1. The molecular formula is C28H30F7N5O2S. The molecule has 1 aromatic carbocycles. The van der Waals surface area contributed by atoms with Crippen molar-refractivity contribution in [3.8, 4) is 6.19 Å². The molecule has 0 radical (unpaired) electrons. The average Bonchev–Trinajstić information content (AvgIpc) is 3.42. The third-order valence-electron chi connectivity index (χ3n) is 8.58. The third kappa shape index (κ3) is 5.98. The summed E-state index contributed by atoms with van der Waals surface area (Å²) < 4.78 is 95.8. The molecule has 1 N–H and O–H groups in total. The molecular weight excluding hydrogens is 603 g/mol. The van der Waals surface area contributed by atoms with Gasteiger partial charge in [0.15, 0.2) is 11.7 Å². The van der Waals surface area contributed by atoms with Gasteiger partial charge in [-0.1, -0.05) is 19.4 Å². The van der Waals surface area contributed by atoms with Crippen LogP contribution in [0.25, 0.3) is 0 Å². The van der Waals surface area contributed by atoms with E-state index in [1.807, 2.05) is 6.19 Å². The Bertz CT molecular complexity index is 1460. The highest BCUT2D eigenvalue weighted by molar-refractivity contribution is 8.45. The van der Waals surface area contributed by atoms with Gasteiger partial charge in [0.05, 0.1) is 0 Å². The van der Waals surface area contributed by atoms with Crippen LogP contribution in [0.15, 0.2) is 47.6 Å². The molecule has 2 aromatic rings. The summed E-state index contributed by atoms with van der Waals surface area (Å²) in [6, 6.07) is 1.70. The molecule has 2 aliphatic carbocycles. The van der Waals surface area contributed by atoms with Crippen LogP contribution in [0.5, 0.6) is 0 Å². The fourth-order valence-electron chi connectivity index (χ4n) is 6.42. The van der Waals surface area contributed by atoms with E-state index in [1.54, 1.807) is 6.07 Å². The number of pyridine rings is 1. The monoisotopic (exact) mass is 633 g/mol. The maximum absolute atomic E-state index is 14.4. The van der Waals surface area contributed by atoms with Crippen molar-refractivity contribution in [2.75, 3.05) is 11.4 Å². The van der Waals surface area contributed by atoms with Crippen molar-refractivity contribution in [1.82, 2.24) is 15.2 Å². The summed E-state index contributed by atoms with van der Waals surface area (Å²) in [6.45, 7) is 0.234. The Balaban J connectivity index is 1.67. The van der Waals surface area contributed by atoms with Gasteiger partial charge in [0.25, 0.3) is 11.8 Å². The first kappa shape index (κ1) is 30.9. The number of carbonyl (C=O) groups is 2. The van der Waals surface area contributed by atoms with Gasteiger partial charge in [-0.15, -0.1) is 0 Å². The van der Waals surface area contributed by atoms with Crippen LogP contribution in [0.2, 0.25) is 0 Å². The summed E-state index contributed by atoms with van der Waals surface area (Å²) >= 11 is 0. The van der Waals surface area contributed by atoms with Crippen molar-refractivity contribution in [3.05, 3.63) is 53.9 Å². The van der Waals surface area contributed by atoms with E-state index in [0.29, 0.717) is 24.8 Å². The lowest BCUT2D eigenvalue weighted by Crippen LogP contribution is -2.64. The van der Waals surface area contributed by atoms with Crippen molar-refractivity contribution in [3.63, 3.8) is 0 Å². The summed E-state index contributed by atoms with van der Waals surface area (Å²) in [7, 11) is -10.1. The molecule has 1 unspecified atom stereocenters. The van der Waals surface area contributed by atoms with E-state index < -0.39 is 63.3 Å². The number of carbonyl (C=O) groups excluding carboxylic acids is 2. The second kappa shape index (κ2) is 10.0. The van der Waals surface area contributed by atoms with Crippen LogP contribution in [-0.2, 0) is 21.5 Å². The van der Waals surface area contributed by atoms with E-state index in [2.05, 4.69) is 10.3 Å². The minimum absolute atomic E-state index is 0.0191. The van der Waals surface area contributed by atoms with Gasteiger partial charge >= 0.3 is 10.2 Å². The first-order valence-corrected chi connectivity index (χ1v) is 15.9. The van der Waals surface area contributed by atoms with E-state index in [9.17, 15) is 43.1 Å². The molecule has 2 amide bonds. The number of likely N-dealkylation sites (tertiary alicyclic amines) is 1. The van der Waals surface area contributed by atoms with Crippen molar-refractivity contribution < 1.29 is 37.8 Å². The zero-order chi connectivity index (χ0) is 31.3. The molecule has 43 heavy (non-hydrogen) atoms. The SMILES string of the molecule is N#CN1CCC[C@@H]1C(=O)N(c1ccc(S(F)(F)(F)(F)F)cc1)C1(C(=O)NC2CCC(F)(F)CC2)CCCc2ccncc21. The van der Waals surface area contributed by atoms with E-state index in [0.717, 1.165) is 17.0 Å². The Morgan fingerprint density at radius 1 is 1.00 bits per heavy atom. The van der Waals surface area contributed by atoms with Crippen LogP contribution in [0.1, 0.15) is 62.5 Å². The molecule has 0 spiro atoms. The van der Waals surface area contributed by atoms with E-state index in [-0.39, 0.29) is 55.6 Å². The fourth-order valence-corrected chi connectivity index (χ4v) is 7.07. The summed E-state index contributed by atoms with van der Waals surface area (Å²) in [5.41, 5.74) is -1.26. The van der Waals surface area contributed by atoms with Crippen LogP contribution in [0, 0.1) is 11.5 Å². The number of fused-ring (bicyclic) bond motifs is 1. The first-order valence-electron chi connectivity index (χ1n) is 13.9. The van der Waals surface area contributed by atoms with Gasteiger partial charge in [-0.25, -0.2) is 8.78 Å². The molecule has 2 heterocycles. The standard InChI is InChI=1S/C28H30F7N5O2S/c29-27(30)13-9-20(10-14-27)38-26(42)28(12-1-3-19-11-15-37-17-23(19)28)40(25(41)24-4-2-16-39(24)18-36)21-5-7-22(8-6-21)43(31,32,33,34)35/h5-8,11,15,17,20,24H,1-4,9-10,12-14,16H2,(H,38,42)/t24-,28?/m1/s1. The van der Waals surface area contributed by atoms with Crippen molar-refractivity contribution in [2.45, 2.75) is 86.2 Å². The largest absolute Gasteiger partial charge is 0.351 e. The lowest BCUT2D eigenvalue weighted by molar-refractivity contribution is -0.134. The van der Waals surface area contributed by atoms with Gasteiger partial charge in [-0.05, 0) is 80.8 Å². The molecule has 1 aromatic heterocycles. The third-order valence-corrected chi connectivity index (χ3v) is 9.74. The molecule has 2 atom stereocenters. The normalized spacial score (nSPS) is 25.5. The van der Waals surface area contributed by atoms with Gasteiger partial charge < -0.3 is 5.32 Å². The highest BCUT2D eigenvalue weighted by Crippen LogP contribution is 3.02. The second-order valence-corrected chi connectivity index (χ2v) is 13.8. The molecule has 1 saturated carbocycles. The molecule has 234 valence electrons. The number of rotatable bonds is 6. The lowest BCUT2D eigenvalue weighted by atomic mass is 9.74. The van der Waals surface area contributed by atoms with Crippen molar-refractivity contribution in [1.29, 1.82) is 5.26 Å². The number of hydrogen-bond acceptors (Lipinski definition) is 5. The number of aryl methyl sites for hydroxylation is 1.